The Labute approximate surface area is 166 Å². The zero-order chi connectivity index (χ0) is 17.8. The van der Waals surface area contributed by atoms with Gasteiger partial charge in [-0.3, -0.25) is 4.79 Å². The summed E-state index contributed by atoms with van der Waals surface area (Å²) in [5, 5.41) is 7.01. The fraction of sp³-hybridized carbons (Fsp3) is 0. The number of fused-ring (bicyclic) bond motifs is 3. The summed E-state index contributed by atoms with van der Waals surface area (Å²) in [6.45, 7) is 0. The van der Waals surface area contributed by atoms with Gasteiger partial charge in [0.15, 0.2) is 5.76 Å². The standard InChI is InChI=1S/C22H16N2O2.Ni/c25-22(24-23-14-6-9-16-7-2-1-3-8-16)21-15-19-18-11-5-4-10-17(18)12-13-20(19)26-21;/h1-15H,(H,24,25);/q;+2/b9-6+,23-14+;. The summed E-state index contributed by atoms with van der Waals surface area (Å²) in [6.07, 6.45) is 5.20. The SMILES string of the molecule is O=C(N/N=C/C=C/c1ccccc1)c1cc2c(ccc3ccccc32)o1.[Ni+2]. The molecule has 0 aliphatic rings. The van der Waals surface area contributed by atoms with Crippen molar-refractivity contribution < 1.29 is 25.7 Å². The van der Waals surface area contributed by atoms with Gasteiger partial charge in [-0.05, 0) is 34.5 Å². The monoisotopic (exact) mass is 398 g/mol. The van der Waals surface area contributed by atoms with E-state index in [0.29, 0.717) is 5.58 Å². The number of carbonyl (C=O) groups is 1. The van der Waals surface area contributed by atoms with Crippen LogP contribution in [0.1, 0.15) is 16.1 Å². The first-order valence-electron chi connectivity index (χ1n) is 8.28. The van der Waals surface area contributed by atoms with Gasteiger partial charge in [0.1, 0.15) is 5.58 Å². The van der Waals surface area contributed by atoms with Gasteiger partial charge in [0.2, 0.25) is 0 Å². The molecule has 0 atom stereocenters. The summed E-state index contributed by atoms with van der Waals surface area (Å²) in [7, 11) is 0. The van der Waals surface area contributed by atoms with Crippen molar-refractivity contribution in [3.8, 4) is 0 Å². The van der Waals surface area contributed by atoms with Crippen molar-refractivity contribution in [2.24, 2.45) is 5.10 Å². The topological polar surface area (TPSA) is 54.6 Å². The summed E-state index contributed by atoms with van der Waals surface area (Å²) >= 11 is 0. The van der Waals surface area contributed by atoms with Gasteiger partial charge in [-0.15, -0.1) is 0 Å². The van der Waals surface area contributed by atoms with E-state index in [0.717, 1.165) is 21.7 Å². The van der Waals surface area contributed by atoms with Gasteiger partial charge in [0.05, 0.1) is 0 Å². The third-order valence-corrected chi connectivity index (χ3v) is 4.06. The maximum absolute atomic E-state index is 12.2. The molecule has 0 aliphatic carbocycles. The second-order valence-corrected chi connectivity index (χ2v) is 5.80. The first-order chi connectivity index (χ1) is 12.8. The van der Waals surface area contributed by atoms with Crippen LogP contribution in [0.3, 0.4) is 0 Å². The van der Waals surface area contributed by atoms with E-state index >= 15 is 0 Å². The molecule has 0 unspecified atom stereocenters. The van der Waals surface area contributed by atoms with Crippen LogP contribution in [-0.4, -0.2) is 12.1 Å². The third-order valence-electron chi connectivity index (χ3n) is 4.06. The number of hydrazone groups is 1. The summed E-state index contributed by atoms with van der Waals surface area (Å²) in [5.74, 6) is -0.143. The number of allylic oxidation sites excluding steroid dienone is 1. The number of rotatable bonds is 4. The van der Waals surface area contributed by atoms with Crippen molar-refractivity contribution in [1.82, 2.24) is 5.43 Å². The molecule has 0 bridgehead atoms. The number of nitrogens with zero attached hydrogens (tertiary/aromatic N) is 1. The first kappa shape index (κ1) is 18.6. The molecule has 0 saturated heterocycles. The Morgan fingerprint density at radius 2 is 1.70 bits per heavy atom. The van der Waals surface area contributed by atoms with Crippen molar-refractivity contribution in [3.63, 3.8) is 0 Å². The molecule has 1 amide bonds. The number of furan rings is 1. The predicted molar refractivity (Wildman–Crippen MR) is 105 cm³/mol. The maximum Gasteiger partial charge on any atom is 2.00 e. The Kier molecular flexibility index (Phi) is 5.85. The molecule has 4 nitrogen and oxygen atoms in total. The first-order valence-corrected chi connectivity index (χ1v) is 8.28. The molecule has 0 fully saturated rings. The number of carbonyl (C=O) groups excluding carboxylic acids is 1. The summed E-state index contributed by atoms with van der Waals surface area (Å²) in [6, 6.07) is 23.5. The van der Waals surface area contributed by atoms with Gasteiger partial charge < -0.3 is 4.42 Å². The summed E-state index contributed by atoms with van der Waals surface area (Å²) in [5.41, 5.74) is 4.23. The molecule has 0 spiro atoms. The van der Waals surface area contributed by atoms with E-state index in [-0.39, 0.29) is 28.2 Å². The van der Waals surface area contributed by atoms with Crippen LogP contribution in [0.4, 0.5) is 0 Å². The van der Waals surface area contributed by atoms with E-state index in [4.69, 9.17) is 4.42 Å². The molecule has 1 heterocycles. The molecule has 0 aliphatic heterocycles. The van der Waals surface area contributed by atoms with Crippen molar-refractivity contribution in [2.75, 3.05) is 0 Å². The Balaban J connectivity index is 0.00000210. The molecule has 4 rings (SSSR count). The van der Waals surface area contributed by atoms with E-state index < -0.39 is 0 Å². The zero-order valence-corrected chi connectivity index (χ0v) is 15.2. The van der Waals surface area contributed by atoms with Gasteiger partial charge in [-0.25, -0.2) is 5.43 Å². The summed E-state index contributed by atoms with van der Waals surface area (Å²) < 4.78 is 5.66. The second kappa shape index (κ2) is 8.48. The number of nitrogens with one attached hydrogen (secondary N) is 1. The Hall–Kier alpha value is -3.17. The molecule has 1 N–H and O–H groups in total. The van der Waals surface area contributed by atoms with E-state index in [1.54, 1.807) is 12.1 Å². The van der Waals surface area contributed by atoms with Gasteiger partial charge >= 0.3 is 22.4 Å². The van der Waals surface area contributed by atoms with E-state index in [9.17, 15) is 4.79 Å². The molecule has 1 aromatic heterocycles. The molecular weight excluding hydrogens is 383 g/mol. The number of hydrogen-bond acceptors (Lipinski definition) is 3. The molecule has 0 radical (unpaired) electrons. The molecule has 3 aromatic carbocycles. The largest absolute Gasteiger partial charge is 2.00 e. The van der Waals surface area contributed by atoms with E-state index in [1.807, 2.05) is 72.8 Å². The van der Waals surface area contributed by atoms with Crippen molar-refractivity contribution in [2.45, 2.75) is 0 Å². The van der Waals surface area contributed by atoms with Crippen LogP contribution in [0.5, 0.6) is 0 Å². The quantitative estimate of drug-likeness (QED) is 0.298. The number of hydrogen-bond donors (Lipinski definition) is 1. The van der Waals surface area contributed by atoms with Crippen molar-refractivity contribution in [1.29, 1.82) is 0 Å². The second-order valence-electron chi connectivity index (χ2n) is 5.80. The minimum Gasteiger partial charge on any atom is -0.451 e. The minimum atomic E-state index is -0.380. The smallest absolute Gasteiger partial charge is 0.451 e. The molecule has 134 valence electrons. The average molecular weight is 399 g/mol. The Morgan fingerprint density at radius 1 is 0.926 bits per heavy atom. The molecule has 4 aromatic rings. The molecule has 0 saturated carbocycles. The summed E-state index contributed by atoms with van der Waals surface area (Å²) in [4.78, 5) is 12.2. The van der Waals surface area contributed by atoms with Crippen molar-refractivity contribution >= 4 is 39.9 Å². The average Bonchev–Trinajstić information content (AvgIpc) is 3.13. The van der Waals surface area contributed by atoms with Gasteiger partial charge in [-0.2, -0.15) is 5.10 Å². The predicted octanol–water partition coefficient (Wildman–Crippen LogP) is 5.01. The molecular formula is C22H16N2NiO2+2. The number of amides is 1. The van der Waals surface area contributed by atoms with Crippen LogP contribution in [0.25, 0.3) is 27.8 Å². The zero-order valence-electron chi connectivity index (χ0n) is 14.2. The maximum atomic E-state index is 12.2. The fourth-order valence-electron chi connectivity index (χ4n) is 2.82. The Morgan fingerprint density at radius 3 is 2.56 bits per heavy atom. The molecule has 5 heteroatoms. The van der Waals surface area contributed by atoms with E-state index in [2.05, 4.69) is 10.5 Å². The van der Waals surface area contributed by atoms with Crippen LogP contribution in [0, 0.1) is 0 Å². The van der Waals surface area contributed by atoms with Crippen LogP contribution < -0.4 is 5.43 Å². The molecule has 27 heavy (non-hydrogen) atoms. The Bertz CT molecular complexity index is 1130. The van der Waals surface area contributed by atoms with Crippen LogP contribution in [0.15, 0.2) is 88.4 Å². The van der Waals surface area contributed by atoms with Crippen molar-refractivity contribution in [3.05, 3.63) is 90.2 Å². The normalized spacial score (nSPS) is 11.3. The van der Waals surface area contributed by atoms with Crippen LogP contribution in [-0.2, 0) is 16.5 Å². The van der Waals surface area contributed by atoms with Crippen LogP contribution >= 0.6 is 0 Å². The van der Waals surface area contributed by atoms with Crippen LogP contribution in [0.2, 0.25) is 0 Å². The van der Waals surface area contributed by atoms with E-state index in [1.165, 1.54) is 6.21 Å². The van der Waals surface area contributed by atoms with Gasteiger partial charge in [0.25, 0.3) is 0 Å². The van der Waals surface area contributed by atoms with Gasteiger partial charge in [0, 0.05) is 11.6 Å². The van der Waals surface area contributed by atoms with Gasteiger partial charge in [-0.1, -0.05) is 66.7 Å². The minimum absolute atomic E-state index is 0. The number of benzene rings is 3. The third kappa shape index (κ3) is 4.16. The fourth-order valence-corrected chi connectivity index (χ4v) is 2.82.